The van der Waals surface area contributed by atoms with Gasteiger partial charge in [-0.25, -0.2) is 15.0 Å². The summed E-state index contributed by atoms with van der Waals surface area (Å²) in [6.07, 6.45) is 5.91. The highest BCUT2D eigenvalue weighted by Gasteiger charge is 2.26. The van der Waals surface area contributed by atoms with Crippen LogP contribution in [-0.2, 0) is 4.74 Å². The second-order valence-electron chi connectivity index (χ2n) is 7.36. The number of anilines is 1. The van der Waals surface area contributed by atoms with E-state index in [0.717, 1.165) is 42.7 Å². The number of benzene rings is 1. The molecule has 1 unspecified atom stereocenters. The standard InChI is InChI=1S/C22H24Cl2N4O3S/c1-29-13-6-5-7-28(11-13)21-20-12(10-25-22(27-20)32-4)8-14(26-21)17-18(23)15(30-2)9-16(31-3)19(17)24/h8-10,13H,5-7,11H2,1-4H3. The van der Waals surface area contributed by atoms with Crippen LogP contribution >= 0.6 is 35.0 Å². The molecule has 1 saturated heterocycles. The SMILES string of the molecule is COc1cc(OC)c(Cl)c(-c2cc3cnc(SC)nc3c(N3CCCC(OC)C3)n2)c1Cl. The molecule has 0 bridgehead atoms. The van der Waals surface area contributed by atoms with Gasteiger partial charge in [0.15, 0.2) is 11.0 Å². The molecule has 3 aromatic rings. The van der Waals surface area contributed by atoms with E-state index in [-0.39, 0.29) is 6.10 Å². The Morgan fingerprint density at radius 2 is 1.78 bits per heavy atom. The van der Waals surface area contributed by atoms with Crippen LogP contribution in [0.4, 0.5) is 5.82 Å². The predicted molar refractivity (Wildman–Crippen MR) is 130 cm³/mol. The lowest BCUT2D eigenvalue weighted by atomic mass is 10.1. The first-order valence-corrected chi connectivity index (χ1v) is 12.1. The highest BCUT2D eigenvalue weighted by molar-refractivity contribution is 7.98. The van der Waals surface area contributed by atoms with Gasteiger partial charge in [-0.1, -0.05) is 35.0 Å². The van der Waals surface area contributed by atoms with Gasteiger partial charge in [0.1, 0.15) is 17.0 Å². The fraction of sp³-hybridized carbons (Fsp3) is 0.409. The monoisotopic (exact) mass is 494 g/mol. The molecule has 10 heteroatoms. The number of nitrogens with zero attached hydrogens (tertiary/aromatic N) is 4. The summed E-state index contributed by atoms with van der Waals surface area (Å²) in [5.74, 6) is 1.67. The summed E-state index contributed by atoms with van der Waals surface area (Å²) >= 11 is 14.9. The number of hydrogen-bond acceptors (Lipinski definition) is 8. The van der Waals surface area contributed by atoms with Crippen LogP contribution in [0, 0.1) is 0 Å². The molecule has 2 aromatic heterocycles. The molecule has 170 valence electrons. The van der Waals surface area contributed by atoms with E-state index in [1.807, 2.05) is 12.3 Å². The van der Waals surface area contributed by atoms with Crippen molar-refractivity contribution in [2.45, 2.75) is 24.1 Å². The zero-order valence-corrected chi connectivity index (χ0v) is 20.6. The summed E-state index contributed by atoms with van der Waals surface area (Å²) in [7, 11) is 4.84. The van der Waals surface area contributed by atoms with Crippen molar-refractivity contribution in [2.75, 3.05) is 45.6 Å². The highest BCUT2D eigenvalue weighted by atomic mass is 35.5. The Hall–Kier alpha value is -2.00. The first-order chi connectivity index (χ1) is 15.5. The Morgan fingerprint density at radius 3 is 2.41 bits per heavy atom. The summed E-state index contributed by atoms with van der Waals surface area (Å²) in [6, 6.07) is 3.56. The normalized spacial score (nSPS) is 16.4. The van der Waals surface area contributed by atoms with E-state index < -0.39 is 0 Å². The predicted octanol–water partition coefficient (Wildman–Crippen LogP) is 5.35. The Balaban J connectivity index is 1.97. The van der Waals surface area contributed by atoms with E-state index in [2.05, 4.69) is 9.88 Å². The molecular formula is C22H24Cl2N4O3S. The lowest BCUT2D eigenvalue weighted by molar-refractivity contribution is 0.0892. The molecule has 3 heterocycles. The quantitative estimate of drug-likeness (QED) is 0.335. The van der Waals surface area contributed by atoms with Crippen LogP contribution in [0.5, 0.6) is 11.5 Å². The van der Waals surface area contributed by atoms with E-state index in [1.54, 1.807) is 33.6 Å². The van der Waals surface area contributed by atoms with Crippen molar-refractivity contribution >= 4 is 51.7 Å². The smallest absolute Gasteiger partial charge is 0.187 e. The zero-order chi connectivity index (χ0) is 22.8. The van der Waals surface area contributed by atoms with E-state index in [4.69, 9.17) is 47.4 Å². The summed E-state index contributed by atoms with van der Waals surface area (Å²) in [4.78, 5) is 16.4. The van der Waals surface area contributed by atoms with Crippen LogP contribution < -0.4 is 14.4 Å². The first kappa shape index (κ1) is 23.2. The van der Waals surface area contributed by atoms with Gasteiger partial charge in [0.05, 0.1) is 36.1 Å². The van der Waals surface area contributed by atoms with Gasteiger partial charge < -0.3 is 19.1 Å². The van der Waals surface area contributed by atoms with Gasteiger partial charge in [0, 0.05) is 43.4 Å². The molecule has 1 aliphatic rings. The number of ether oxygens (including phenoxy) is 3. The van der Waals surface area contributed by atoms with Crippen LogP contribution in [0.1, 0.15) is 12.8 Å². The molecule has 7 nitrogen and oxygen atoms in total. The average molecular weight is 495 g/mol. The number of methoxy groups -OCH3 is 3. The Kier molecular flexibility index (Phi) is 7.14. The summed E-state index contributed by atoms with van der Waals surface area (Å²) in [6.45, 7) is 1.58. The molecule has 0 saturated carbocycles. The molecule has 0 spiro atoms. The van der Waals surface area contributed by atoms with Gasteiger partial charge in [0.2, 0.25) is 0 Å². The van der Waals surface area contributed by atoms with Crippen molar-refractivity contribution < 1.29 is 14.2 Å². The van der Waals surface area contributed by atoms with Crippen molar-refractivity contribution in [3.63, 3.8) is 0 Å². The second kappa shape index (κ2) is 9.87. The number of piperidine rings is 1. The van der Waals surface area contributed by atoms with Crippen LogP contribution in [0.25, 0.3) is 22.2 Å². The van der Waals surface area contributed by atoms with Crippen LogP contribution in [-0.4, -0.2) is 61.7 Å². The maximum absolute atomic E-state index is 6.69. The minimum atomic E-state index is 0.134. The molecule has 0 aliphatic carbocycles. The van der Waals surface area contributed by atoms with E-state index in [9.17, 15) is 0 Å². The maximum Gasteiger partial charge on any atom is 0.187 e. The van der Waals surface area contributed by atoms with Crippen LogP contribution in [0.2, 0.25) is 10.0 Å². The summed E-state index contributed by atoms with van der Waals surface area (Å²) in [5, 5.41) is 2.27. The van der Waals surface area contributed by atoms with Crippen molar-refractivity contribution in [1.29, 1.82) is 0 Å². The largest absolute Gasteiger partial charge is 0.495 e. The molecule has 0 N–H and O–H groups in total. The molecular weight excluding hydrogens is 471 g/mol. The van der Waals surface area contributed by atoms with Crippen molar-refractivity contribution in [3.05, 3.63) is 28.4 Å². The molecule has 1 atom stereocenters. The first-order valence-electron chi connectivity index (χ1n) is 10.1. The summed E-state index contributed by atoms with van der Waals surface area (Å²) < 4.78 is 16.5. The number of halogens is 2. The molecule has 0 radical (unpaired) electrons. The molecule has 1 fully saturated rings. The topological polar surface area (TPSA) is 69.6 Å². The Labute approximate surface area is 201 Å². The third-order valence-corrected chi connectivity index (χ3v) is 6.86. The van der Waals surface area contributed by atoms with Gasteiger partial charge in [-0.3, -0.25) is 0 Å². The van der Waals surface area contributed by atoms with Gasteiger partial charge >= 0.3 is 0 Å². The third-order valence-electron chi connectivity index (χ3n) is 5.55. The van der Waals surface area contributed by atoms with E-state index in [1.165, 1.54) is 11.8 Å². The van der Waals surface area contributed by atoms with Crippen molar-refractivity contribution in [3.8, 4) is 22.8 Å². The minimum Gasteiger partial charge on any atom is -0.495 e. The third kappa shape index (κ3) is 4.29. The number of pyridine rings is 1. The van der Waals surface area contributed by atoms with E-state index >= 15 is 0 Å². The fourth-order valence-corrected chi connectivity index (χ4v) is 4.92. The van der Waals surface area contributed by atoms with Gasteiger partial charge in [-0.15, -0.1) is 0 Å². The Bertz CT molecular complexity index is 1120. The number of rotatable bonds is 6. The zero-order valence-electron chi connectivity index (χ0n) is 18.3. The maximum atomic E-state index is 6.69. The fourth-order valence-electron chi connectivity index (χ4n) is 3.89. The molecule has 32 heavy (non-hydrogen) atoms. The number of aromatic nitrogens is 3. The van der Waals surface area contributed by atoms with E-state index in [0.29, 0.717) is 38.0 Å². The van der Waals surface area contributed by atoms with Crippen LogP contribution in [0.15, 0.2) is 23.5 Å². The minimum absolute atomic E-state index is 0.134. The number of fused-ring (bicyclic) bond motifs is 1. The van der Waals surface area contributed by atoms with Gasteiger partial charge in [-0.2, -0.15) is 0 Å². The molecule has 1 aromatic carbocycles. The second-order valence-corrected chi connectivity index (χ2v) is 8.88. The molecule has 4 rings (SSSR count). The number of thioether (sulfide) groups is 1. The molecule has 1 aliphatic heterocycles. The average Bonchev–Trinajstić information content (AvgIpc) is 2.83. The lowest BCUT2D eigenvalue weighted by Gasteiger charge is -2.33. The van der Waals surface area contributed by atoms with Gasteiger partial charge in [0.25, 0.3) is 0 Å². The summed E-state index contributed by atoms with van der Waals surface area (Å²) in [5.41, 5.74) is 1.92. The van der Waals surface area contributed by atoms with Crippen molar-refractivity contribution in [2.24, 2.45) is 0 Å². The number of hydrogen-bond donors (Lipinski definition) is 0. The van der Waals surface area contributed by atoms with Crippen molar-refractivity contribution in [1.82, 2.24) is 15.0 Å². The van der Waals surface area contributed by atoms with Gasteiger partial charge in [-0.05, 0) is 25.2 Å². The highest BCUT2D eigenvalue weighted by Crippen LogP contribution is 2.46. The Morgan fingerprint density at radius 1 is 1.06 bits per heavy atom. The van der Waals surface area contributed by atoms with Crippen LogP contribution in [0.3, 0.4) is 0 Å². The lowest BCUT2D eigenvalue weighted by Crippen LogP contribution is -2.39. The molecule has 0 amide bonds.